The molecule has 1 aliphatic rings. The normalized spacial score (nSPS) is 13.7. The van der Waals surface area contributed by atoms with Crippen LogP contribution in [0.4, 0.5) is 15.8 Å². The zero-order valence-corrected chi connectivity index (χ0v) is 14.3. The van der Waals surface area contributed by atoms with E-state index in [1.54, 1.807) is 24.3 Å². The summed E-state index contributed by atoms with van der Waals surface area (Å²) in [4.78, 5) is 25.2. The first kappa shape index (κ1) is 17.8. The number of hydrogen-bond donors (Lipinski definition) is 1. The molecule has 2 aromatic carbocycles. The minimum absolute atomic E-state index is 0.0434. The molecule has 3 rings (SSSR count). The molecule has 0 saturated carbocycles. The van der Waals surface area contributed by atoms with Crippen LogP contribution < -0.4 is 10.2 Å². The van der Waals surface area contributed by atoms with Crippen LogP contribution in [0.2, 0.25) is 0 Å². The fraction of sp³-hybridized carbons (Fsp3) is 0.316. The number of amides is 1. The standard InChI is InChI=1S/C19H20FN3O3/c20-16-6-3-14(4-7-16)9-10-21-19(24)15-5-8-17(18(13-15)23(25)26)22-11-1-2-12-22/h3-8,13H,1-2,9-12H2,(H,21,24). The van der Waals surface area contributed by atoms with E-state index >= 15 is 0 Å². The number of carbonyl (C=O) groups is 1. The smallest absolute Gasteiger partial charge is 0.293 e. The minimum Gasteiger partial charge on any atom is -0.366 e. The molecule has 1 N–H and O–H groups in total. The Hall–Kier alpha value is -2.96. The number of hydrogen-bond acceptors (Lipinski definition) is 4. The van der Waals surface area contributed by atoms with E-state index in [0.717, 1.165) is 31.5 Å². The summed E-state index contributed by atoms with van der Waals surface area (Å²) in [6.45, 7) is 1.96. The van der Waals surface area contributed by atoms with Crippen LogP contribution in [0.3, 0.4) is 0 Å². The van der Waals surface area contributed by atoms with Crippen LogP contribution >= 0.6 is 0 Å². The van der Waals surface area contributed by atoms with Gasteiger partial charge in [-0.3, -0.25) is 14.9 Å². The molecule has 136 valence electrons. The minimum atomic E-state index is -0.442. The summed E-state index contributed by atoms with van der Waals surface area (Å²) in [5.41, 5.74) is 1.69. The highest BCUT2D eigenvalue weighted by Gasteiger charge is 2.23. The summed E-state index contributed by atoms with van der Waals surface area (Å²) >= 11 is 0. The van der Waals surface area contributed by atoms with E-state index in [9.17, 15) is 19.3 Å². The van der Waals surface area contributed by atoms with Crippen molar-refractivity contribution in [2.75, 3.05) is 24.5 Å². The van der Waals surface area contributed by atoms with Crippen molar-refractivity contribution >= 4 is 17.3 Å². The van der Waals surface area contributed by atoms with Crippen LogP contribution in [0, 0.1) is 15.9 Å². The van der Waals surface area contributed by atoms with Gasteiger partial charge in [0.05, 0.1) is 4.92 Å². The van der Waals surface area contributed by atoms with E-state index in [1.165, 1.54) is 18.2 Å². The van der Waals surface area contributed by atoms with E-state index in [-0.39, 0.29) is 23.0 Å². The highest BCUT2D eigenvalue weighted by Crippen LogP contribution is 2.31. The van der Waals surface area contributed by atoms with Crippen molar-refractivity contribution < 1.29 is 14.1 Å². The SMILES string of the molecule is O=C(NCCc1ccc(F)cc1)c1ccc(N2CCCC2)c([N+](=O)[O-])c1. The van der Waals surface area contributed by atoms with Gasteiger partial charge in [0.1, 0.15) is 11.5 Å². The zero-order chi connectivity index (χ0) is 18.5. The van der Waals surface area contributed by atoms with Gasteiger partial charge in [-0.2, -0.15) is 0 Å². The fourth-order valence-electron chi connectivity index (χ4n) is 3.11. The number of benzene rings is 2. The number of nitro groups is 1. The number of carbonyl (C=O) groups excluding carboxylic acids is 1. The molecule has 0 unspecified atom stereocenters. The molecule has 26 heavy (non-hydrogen) atoms. The van der Waals surface area contributed by atoms with E-state index in [2.05, 4.69) is 5.32 Å². The molecule has 7 heteroatoms. The van der Waals surface area contributed by atoms with E-state index in [4.69, 9.17) is 0 Å². The Morgan fingerprint density at radius 1 is 1.15 bits per heavy atom. The summed E-state index contributed by atoms with van der Waals surface area (Å²) in [5, 5.41) is 14.1. The molecule has 1 saturated heterocycles. The Morgan fingerprint density at radius 2 is 1.85 bits per heavy atom. The lowest BCUT2D eigenvalue weighted by atomic mass is 10.1. The Balaban J connectivity index is 1.65. The van der Waals surface area contributed by atoms with Crippen LogP contribution in [0.5, 0.6) is 0 Å². The summed E-state index contributed by atoms with van der Waals surface area (Å²) < 4.78 is 12.9. The first-order valence-corrected chi connectivity index (χ1v) is 8.60. The molecule has 0 aromatic heterocycles. The van der Waals surface area contributed by atoms with Gasteiger partial charge in [0, 0.05) is 31.3 Å². The van der Waals surface area contributed by atoms with Gasteiger partial charge in [-0.05, 0) is 49.1 Å². The van der Waals surface area contributed by atoms with Crippen LogP contribution in [0.1, 0.15) is 28.8 Å². The fourth-order valence-corrected chi connectivity index (χ4v) is 3.11. The molecule has 2 aromatic rings. The maximum Gasteiger partial charge on any atom is 0.293 e. The van der Waals surface area contributed by atoms with Crippen molar-refractivity contribution in [2.24, 2.45) is 0 Å². The van der Waals surface area contributed by atoms with Crippen LogP contribution in [-0.4, -0.2) is 30.5 Å². The number of halogens is 1. The van der Waals surface area contributed by atoms with Crippen LogP contribution in [-0.2, 0) is 6.42 Å². The van der Waals surface area contributed by atoms with Gasteiger partial charge < -0.3 is 10.2 Å². The zero-order valence-electron chi connectivity index (χ0n) is 14.3. The Bertz CT molecular complexity index is 802. The molecule has 1 aliphatic heterocycles. The van der Waals surface area contributed by atoms with Gasteiger partial charge in [0.15, 0.2) is 0 Å². The average Bonchev–Trinajstić information content (AvgIpc) is 3.17. The number of nitro benzene ring substituents is 1. The third-order valence-corrected chi connectivity index (χ3v) is 4.49. The average molecular weight is 357 g/mol. The molecule has 1 heterocycles. The molecule has 0 bridgehead atoms. The number of anilines is 1. The van der Waals surface area contributed by atoms with Crippen molar-refractivity contribution in [1.82, 2.24) is 5.32 Å². The molecule has 0 aliphatic carbocycles. The lowest BCUT2D eigenvalue weighted by molar-refractivity contribution is -0.384. The highest BCUT2D eigenvalue weighted by atomic mass is 19.1. The molecule has 6 nitrogen and oxygen atoms in total. The van der Waals surface area contributed by atoms with Crippen molar-refractivity contribution in [1.29, 1.82) is 0 Å². The molecular weight excluding hydrogens is 337 g/mol. The first-order chi connectivity index (χ1) is 12.5. The van der Waals surface area contributed by atoms with Gasteiger partial charge in [-0.15, -0.1) is 0 Å². The number of nitrogens with zero attached hydrogens (tertiary/aromatic N) is 2. The van der Waals surface area contributed by atoms with Gasteiger partial charge in [-0.1, -0.05) is 12.1 Å². The lowest BCUT2D eigenvalue weighted by Crippen LogP contribution is -2.26. The van der Waals surface area contributed by atoms with E-state index < -0.39 is 4.92 Å². The second-order valence-corrected chi connectivity index (χ2v) is 6.29. The highest BCUT2D eigenvalue weighted by molar-refractivity contribution is 5.95. The molecule has 1 amide bonds. The second-order valence-electron chi connectivity index (χ2n) is 6.29. The molecule has 1 fully saturated rings. The lowest BCUT2D eigenvalue weighted by Gasteiger charge is -2.17. The summed E-state index contributed by atoms with van der Waals surface area (Å²) in [5.74, 6) is -0.661. The first-order valence-electron chi connectivity index (χ1n) is 8.60. The van der Waals surface area contributed by atoms with Gasteiger partial charge in [0.25, 0.3) is 11.6 Å². The molecule has 0 spiro atoms. The topological polar surface area (TPSA) is 75.5 Å². The largest absolute Gasteiger partial charge is 0.366 e. The maximum atomic E-state index is 12.9. The predicted molar refractivity (Wildman–Crippen MR) is 97.0 cm³/mol. The summed E-state index contributed by atoms with van der Waals surface area (Å²) in [7, 11) is 0. The third kappa shape index (κ3) is 4.17. The predicted octanol–water partition coefficient (Wildman–Crippen LogP) is 3.31. The Kier molecular flexibility index (Phi) is 5.46. The molecule has 0 atom stereocenters. The molecular formula is C19H20FN3O3. The van der Waals surface area contributed by atoms with E-state index in [0.29, 0.717) is 18.7 Å². The quantitative estimate of drug-likeness (QED) is 0.636. The van der Waals surface area contributed by atoms with Gasteiger partial charge >= 0.3 is 0 Å². The van der Waals surface area contributed by atoms with Crippen molar-refractivity contribution in [3.63, 3.8) is 0 Å². The van der Waals surface area contributed by atoms with Crippen LogP contribution in [0.25, 0.3) is 0 Å². The van der Waals surface area contributed by atoms with Crippen molar-refractivity contribution in [3.8, 4) is 0 Å². The van der Waals surface area contributed by atoms with Crippen molar-refractivity contribution in [2.45, 2.75) is 19.3 Å². The number of rotatable bonds is 6. The van der Waals surface area contributed by atoms with Crippen molar-refractivity contribution in [3.05, 3.63) is 69.5 Å². The molecule has 0 radical (unpaired) electrons. The van der Waals surface area contributed by atoms with Gasteiger partial charge in [-0.25, -0.2) is 4.39 Å². The summed E-state index contributed by atoms with van der Waals surface area (Å²) in [6.07, 6.45) is 2.59. The van der Waals surface area contributed by atoms with Gasteiger partial charge in [0.2, 0.25) is 0 Å². The maximum absolute atomic E-state index is 12.9. The Labute approximate surface area is 150 Å². The van der Waals surface area contributed by atoms with Crippen LogP contribution in [0.15, 0.2) is 42.5 Å². The second kappa shape index (κ2) is 7.95. The van der Waals surface area contributed by atoms with E-state index in [1.807, 2.05) is 4.90 Å². The third-order valence-electron chi connectivity index (χ3n) is 4.49. The monoisotopic (exact) mass is 357 g/mol. The Morgan fingerprint density at radius 3 is 2.50 bits per heavy atom. The summed E-state index contributed by atoms with van der Waals surface area (Å²) in [6, 6.07) is 10.7. The number of nitrogens with one attached hydrogen (secondary N) is 1.